The highest BCUT2D eigenvalue weighted by atomic mass is 16.5. The van der Waals surface area contributed by atoms with E-state index in [1.807, 2.05) is 12.1 Å². The van der Waals surface area contributed by atoms with E-state index in [4.69, 9.17) is 4.74 Å². The SMILES string of the molecule is COc1cccc2c1C(O)CC(C)(C)C2. The van der Waals surface area contributed by atoms with E-state index in [0.717, 1.165) is 24.2 Å². The van der Waals surface area contributed by atoms with Crippen LogP contribution in [0.2, 0.25) is 0 Å². The second-order valence-electron chi connectivity index (χ2n) is 5.09. The molecule has 1 aliphatic carbocycles. The minimum atomic E-state index is -0.389. The Bertz CT molecular complexity index is 369. The molecule has 0 aromatic heterocycles. The summed E-state index contributed by atoms with van der Waals surface area (Å²) in [6.07, 6.45) is 1.43. The Morgan fingerprint density at radius 1 is 1.40 bits per heavy atom. The number of hydrogen-bond acceptors (Lipinski definition) is 2. The molecule has 0 amide bonds. The van der Waals surface area contributed by atoms with Gasteiger partial charge in [-0.25, -0.2) is 0 Å². The normalized spacial score (nSPS) is 23.3. The highest BCUT2D eigenvalue weighted by Crippen LogP contribution is 2.43. The molecule has 1 aliphatic rings. The smallest absolute Gasteiger partial charge is 0.124 e. The van der Waals surface area contributed by atoms with Gasteiger partial charge in [-0.15, -0.1) is 0 Å². The maximum Gasteiger partial charge on any atom is 0.124 e. The third kappa shape index (κ3) is 1.86. The van der Waals surface area contributed by atoms with Crippen molar-refractivity contribution >= 4 is 0 Å². The van der Waals surface area contributed by atoms with Gasteiger partial charge in [-0.05, 0) is 29.9 Å². The minimum absolute atomic E-state index is 0.179. The van der Waals surface area contributed by atoms with Crippen molar-refractivity contribution in [1.82, 2.24) is 0 Å². The third-order valence-electron chi connectivity index (χ3n) is 3.12. The Labute approximate surface area is 90.9 Å². The highest BCUT2D eigenvalue weighted by molar-refractivity contribution is 5.44. The van der Waals surface area contributed by atoms with E-state index >= 15 is 0 Å². The van der Waals surface area contributed by atoms with Crippen molar-refractivity contribution in [2.24, 2.45) is 5.41 Å². The maximum absolute atomic E-state index is 10.1. The Balaban J connectivity index is 2.49. The summed E-state index contributed by atoms with van der Waals surface area (Å²) in [5.74, 6) is 0.815. The molecule has 2 heteroatoms. The fraction of sp³-hybridized carbons (Fsp3) is 0.538. The predicted molar refractivity (Wildman–Crippen MR) is 60.1 cm³/mol. The van der Waals surface area contributed by atoms with Crippen molar-refractivity contribution in [3.8, 4) is 5.75 Å². The Hall–Kier alpha value is -1.02. The number of aliphatic hydroxyl groups is 1. The van der Waals surface area contributed by atoms with Crippen molar-refractivity contribution in [3.63, 3.8) is 0 Å². The average Bonchev–Trinajstić information content (AvgIpc) is 2.14. The summed E-state index contributed by atoms with van der Waals surface area (Å²) in [7, 11) is 1.65. The molecule has 82 valence electrons. The lowest BCUT2D eigenvalue weighted by atomic mass is 9.73. The van der Waals surface area contributed by atoms with Crippen LogP contribution in [0.3, 0.4) is 0 Å². The summed E-state index contributed by atoms with van der Waals surface area (Å²) in [6.45, 7) is 4.39. The van der Waals surface area contributed by atoms with E-state index < -0.39 is 0 Å². The molecule has 1 N–H and O–H groups in total. The Morgan fingerprint density at radius 3 is 2.80 bits per heavy atom. The molecule has 2 nitrogen and oxygen atoms in total. The summed E-state index contributed by atoms with van der Waals surface area (Å²) in [5, 5.41) is 10.1. The minimum Gasteiger partial charge on any atom is -0.496 e. The number of aliphatic hydroxyl groups excluding tert-OH is 1. The summed E-state index contributed by atoms with van der Waals surface area (Å²) in [4.78, 5) is 0. The van der Waals surface area contributed by atoms with Gasteiger partial charge >= 0.3 is 0 Å². The monoisotopic (exact) mass is 206 g/mol. The average molecular weight is 206 g/mol. The van der Waals surface area contributed by atoms with Gasteiger partial charge in [0.15, 0.2) is 0 Å². The van der Waals surface area contributed by atoms with Crippen LogP contribution in [0, 0.1) is 5.41 Å². The van der Waals surface area contributed by atoms with Crippen LogP contribution in [0.1, 0.15) is 37.5 Å². The van der Waals surface area contributed by atoms with Crippen LogP contribution < -0.4 is 4.74 Å². The topological polar surface area (TPSA) is 29.5 Å². The fourth-order valence-corrected chi connectivity index (χ4v) is 2.51. The van der Waals surface area contributed by atoms with E-state index in [0.29, 0.717) is 0 Å². The maximum atomic E-state index is 10.1. The van der Waals surface area contributed by atoms with Crippen LogP contribution in [0.15, 0.2) is 18.2 Å². The second kappa shape index (κ2) is 3.53. The van der Waals surface area contributed by atoms with Crippen molar-refractivity contribution in [2.45, 2.75) is 32.8 Å². The van der Waals surface area contributed by atoms with Crippen LogP contribution in [-0.2, 0) is 6.42 Å². The first-order chi connectivity index (χ1) is 7.03. The number of rotatable bonds is 1. The predicted octanol–water partition coefficient (Wildman–Crippen LogP) is 2.70. The third-order valence-corrected chi connectivity index (χ3v) is 3.12. The number of methoxy groups -OCH3 is 1. The molecule has 15 heavy (non-hydrogen) atoms. The van der Waals surface area contributed by atoms with Crippen molar-refractivity contribution in [2.75, 3.05) is 7.11 Å². The number of hydrogen-bond donors (Lipinski definition) is 1. The Kier molecular flexibility index (Phi) is 2.47. The molecule has 0 fully saturated rings. The zero-order valence-electron chi connectivity index (χ0n) is 9.58. The molecule has 1 aromatic rings. The summed E-state index contributed by atoms with van der Waals surface area (Å²) >= 11 is 0. The molecule has 0 aliphatic heterocycles. The van der Waals surface area contributed by atoms with Crippen molar-refractivity contribution in [3.05, 3.63) is 29.3 Å². The van der Waals surface area contributed by atoms with Crippen molar-refractivity contribution in [1.29, 1.82) is 0 Å². The van der Waals surface area contributed by atoms with Gasteiger partial charge in [-0.1, -0.05) is 26.0 Å². The number of benzene rings is 1. The second-order valence-corrected chi connectivity index (χ2v) is 5.09. The van der Waals surface area contributed by atoms with Crippen LogP contribution in [-0.4, -0.2) is 12.2 Å². The van der Waals surface area contributed by atoms with Gasteiger partial charge in [0.25, 0.3) is 0 Å². The molecule has 2 rings (SSSR count). The molecule has 0 spiro atoms. The van der Waals surface area contributed by atoms with E-state index in [1.165, 1.54) is 5.56 Å². The summed E-state index contributed by atoms with van der Waals surface area (Å²) in [6, 6.07) is 5.99. The number of ether oxygens (including phenoxy) is 1. The lowest BCUT2D eigenvalue weighted by molar-refractivity contribution is 0.0969. The molecule has 1 aromatic carbocycles. The van der Waals surface area contributed by atoms with Crippen LogP contribution in [0.5, 0.6) is 5.75 Å². The largest absolute Gasteiger partial charge is 0.496 e. The summed E-state index contributed by atoms with van der Waals surface area (Å²) in [5.41, 5.74) is 2.39. The van der Waals surface area contributed by atoms with E-state index in [-0.39, 0.29) is 11.5 Å². The van der Waals surface area contributed by atoms with Gasteiger partial charge in [-0.3, -0.25) is 0 Å². The molecular weight excluding hydrogens is 188 g/mol. The zero-order chi connectivity index (χ0) is 11.1. The van der Waals surface area contributed by atoms with Crippen LogP contribution in [0.4, 0.5) is 0 Å². The van der Waals surface area contributed by atoms with Gasteiger partial charge in [0.1, 0.15) is 5.75 Å². The molecule has 0 radical (unpaired) electrons. The molecule has 1 atom stereocenters. The van der Waals surface area contributed by atoms with Crippen LogP contribution >= 0.6 is 0 Å². The summed E-state index contributed by atoms with van der Waals surface area (Å²) < 4.78 is 5.29. The molecule has 1 unspecified atom stereocenters. The first-order valence-electron chi connectivity index (χ1n) is 5.37. The lowest BCUT2D eigenvalue weighted by Crippen LogP contribution is -2.25. The molecular formula is C13H18O2. The van der Waals surface area contributed by atoms with Gasteiger partial charge < -0.3 is 9.84 Å². The first kappa shape index (κ1) is 10.5. The van der Waals surface area contributed by atoms with E-state index in [2.05, 4.69) is 19.9 Å². The van der Waals surface area contributed by atoms with Crippen LogP contribution in [0.25, 0.3) is 0 Å². The zero-order valence-corrected chi connectivity index (χ0v) is 9.58. The van der Waals surface area contributed by atoms with Gasteiger partial charge in [0, 0.05) is 5.56 Å². The van der Waals surface area contributed by atoms with Gasteiger partial charge in [0.05, 0.1) is 13.2 Å². The standard InChI is InChI=1S/C13H18O2/c1-13(2)7-9-5-4-6-11(15-3)12(9)10(14)8-13/h4-6,10,14H,7-8H2,1-3H3. The quantitative estimate of drug-likeness (QED) is 0.765. The highest BCUT2D eigenvalue weighted by Gasteiger charge is 2.32. The fourth-order valence-electron chi connectivity index (χ4n) is 2.51. The lowest BCUT2D eigenvalue weighted by Gasteiger charge is -2.35. The van der Waals surface area contributed by atoms with Gasteiger partial charge in [-0.2, -0.15) is 0 Å². The molecule has 0 bridgehead atoms. The molecule has 0 heterocycles. The first-order valence-corrected chi connectivity index (χ1v) is 5.37. The Morgan fingerprint density at radius 2 is 2.13 bits per heavy atom. The molecule has 0 saturated heterocycles. The van der Waals surface area contributed by atoms with E-state index in [9.17, 15) is 5.11 Å². The number of fused-ring (bicyclic) bond motifs is 1. The van der Waals surface area contributed by atoms with Crippen molar-refractivity contribution < 1.29 is 9.84 Å². The molecule has 0 saturated carbocycles. The van der Waals surface area contributed by atoms with E-state index in [1.54, 1.807) is 7.11 Å². The van der Waals surface area contributed by atoms with Gasteiger partial charge in [0.2, 0.25) is 0 Å².